The molecule has 0 amide bonds. The number of nitrogen functional groups attached to an aromatic ring is 1. The number of nitrogens with zero attached hydrogens (tertiary/aromatic N) is 3. The van der Waals surface area contributed by atoms with Crippen molar-refractivity contribution in [2.24, 2.45) is 5.73 Å². The number of ether oxygens (including phenoxy) is 1. The van der Waals surface area contributed by atoms with E-state index >= 15 is 0 Å². The first-order valence-corrected chi connectivity index (χ1v) is 11.5. The summed E-state index contributed by atoms with van der Waals surface area (Å²) in [7, 11) is 2.14. The third-order valence-corrected chi connectivity index (χ3v) is 7.03. The second-order valence-corrected chi connectivity index (χ2v) is 9.39. The highest BCUT2D eigenvalue weighted by Crippen LogP contribution is 2.29. The maximum atomic E-state index is 14.2. The predicted molar refractivity (Wildman–Crippen MR) is 125 cm³/mol. The molecule has 0 bridgehead atoms. The average Bonchev–Trinajstić information content (AvgIpc) is 3.45. The van der Waals surface area contributed by atoms with E-state index in [1.807, 2.05) is 12.1 Å². The molecule has 1 atom stereocenters. The molecule has 2 aromatic carbocycles. The van der Waals surface area contributed by atoms with Crippen LogP contribution in [0.15, 0.2) is 30.3 Å². The van der Waals surface area contributed by atoms with E-state index in [0.717, 1.165) is 28.2 Å². The molecule has 1 unspecified atom stereocenters. The molecule has 7 nitrogen and oxygen atoms in total. The minimum Gasteiger partial charge on any atom is -0.491 e. The van der Waals surface area contributed by atoms with Gasteiger partial charge in [-0.3, -0.25) is 5.41 Å². The van der Waals surface area contributed by atoms with E-state index in [1.165, 1.54) is 36.3 Å². The van der Waals surface area contributed by atoms with Crippen LogP contribution in [0.25, 0.3) is 21.3 Å². The molecule has 1 saturated heterocycles. The molecule has 4 N–H and O–H groups in total. The zero-order valence-electron chi connectivity index (χ0n) is 17.8. The summed E-state index contributed by atoms with van der Waals surface area (Å²) < 4.78 is 21.1. The minimum absolute atomic E-state index is 0.0354. The van der Waals surface area contributed by atoms with Crippen LogP contribution in [-0.2, 0) is 6.42 Å². The first kappa shape index (κ1) is 20.8. The normalized spacial score (nSPS) is 16.9. The molecule has 5 rings (SSSR count). The van der Waals surface area contributed by atoms with Crippen LogP contribution in [-0.4, -0.2) is 51.9 Å². The van der Waals surface area contributed by atoms with Gasteiger partial charge >= 0.3 is 0 Å². The number of likely N-dealkylation sites (tertiary alicyclic amines) is 1. The summed E-state index contributed by atoms with van der Waals surface area (Å²) in [6.45, 7) is 1.66. The number of benzene rings is 2. The lowest BCUT2D eigenvalue weighted by atomic mass is 10.1. The van der Waals surface area contributed by atoms with Crippen molar-refractivity contribution in [2.75, 3.05) is 20.2 Å². The number of nitrogens with two attached hydrogens (primary N) is 1. The topological polar surface area (TPSA) is 104 Å². The number of halogens is 1. The molecule has 0 aliphatic carbocycles. The molecule has 0 spiro atoms. The van der Waals surface area contributed by atoms with Gasteiger partial charge < -0.3 is 20.4 Å². The number of imidazole rings is 1. The Kier molecular flexibility index (Phi) is 5.52. The Morgan fingerprint density at radius 3 is 3.00 bits per heavy atom. The van der Waals surface area contributed by atoms with Gasteiger partial charge in [-0.05, 0) is 57.1 Å². The maximum absolute atomic E-state index is 14.2. The number of aromatic nitrogens is 3. The standard InChI is InChI=1S/C23H25FN6OS/c1-30-7-2-3-15(30)6-8-31-18-11-14(24)10-17-22(18)29-20(27-17)12-21-28-16-5-4-13(23(25)26)9-19(16)32-21/h4-5,9-11,15H,2-3,6-8,12H2,1H3,(H3,25,26)(H,27,29). The van der Waals surface area contributed by atoms with Gasteiger partial charge in [-0.1, -0.05) is 0 Å². The van der Waals surface area contributed by atoms with E-state index in [4.69, 9.17) is 15.9 Å². The number of fused-ring (bicyclic) bond motifs is 2. The van der Waals surface area contributed by atoms with Crippen LogP contribution in [0.3, 0.4) is 0 Å². The van der Waals surface area contributed by atoms with E-state index in [-0.39, 0.29) is 11.7 Å². The van der Waals surface area contributed by atoms with Gasteiger partial charge in [0.1, 0.15) is 33.8 Å². The molecule has 0 saturated carbocycles. The summed E-state index contributed by atoms with van der Waals surface area (Å²) in [4.78, 5) is 14.9. The number of nitrogens with one attached hydrogen (secondary N) is 2. The van der Waals surface area contributed by atoms with Crippen molar-refractivity contribution in [1.82, 2.24) is 19.9 Å². The van der Waals surface area contributed by atoms with Crippen molar-refractivity contribution in [2.45, 2.75) is 31.7 Å². The van der Waals surface area contributed by atoms with Crippen LogP contribution in [0.4, 0.5) is 4.39 Å². The largest absolute Gasteiger partial charge is 0.491 e. The lowest BCUT2D eigenvalue weighted by Gasteiger charge is -2.19. The van der Waals surface area contributed by atoms with Crippen LogP contribution in [0.2, 0.25) is 0 Å². The Hall–Kier alpha value is -3.04. The maximum Gasteiger partial charge on any atom is 0.150 e. The summed E-state index contributed by atoms with van der Waals surface area (Å²) in [5, 5.41) is 8.49. The summed E-state index contributed by atoms with van der Waals surface area (Å²) in [5.74, 6) is 0.862. The lowest BCUT2D eigenvalue weighted by Crippen LogP contribution is -2.26. The first-order chi connectivity index (χ1) is 15.5. The third-order valence-electron chi connectivity index (χ3n) is 6.01. The van der Waals surface area contributed by atoms with Crippen LogP contribution in [0, 0.1) is 11.2 Å². The number of thiazole rings is 1. The molecule has 3 heterocycles. The van der Waals surface area contributed by atoms with Gasteiger partial charge in [0.25, 0.3) is 0 Å². The molecule has 1 fully saturated rings. The van der Waals surface area contributed by atoms with Crippen molar-refractivity contribution in [3.05, 3.63) is 52.5 Å². The van der Waals surface area contributed by atoms with E-state index in [9.17, 15) is 4.39 Å². The zero-order chi connectivity index (χ0) is 22.2. The van der Waals surface area contributed by atoms with Gasteiger partial charge in [-0.15, -0.1) is 11.3 Å². The van der Waals surface area contributed by atoms with Gasteiger partial charge in [-0.25, -0.2) is 14.4 Å². The fourth-order valence-corrected chi connectivity index (χ4v) is 5.32. The Morgan fingerprint density at radius 1 is 1.34 bits per heavy atom. The molecule has 166 valence electrons. The minimum atomic E-state index is -0.350. The summed E-state index contributed by atoms with van der Waals surface area (Å²) in [5.41, 5.74) is 8.39. The molecule has 32 heavy (non-hydrogen) atoms. The summed E-state index contributed by atoms with van der Waals surface area (Å²) in [6.07, 6.45) is 3.81. The molecule has 9 heteroatoms. The van der Waals surface area contributed by atoms with E-state index in [2.05, 4.69) is 26.9 Å². The van der Waals surface area contributed by atoms with Crippen molar-refractivity contribution >= 4 is 38.4 Å². The number of hydrogen-bond acceptors (Lipinski definition) is 6. The Morgan fingerprint density at radius 2 is 2.22 bits per heavy atom. The van der Waals surface area contributed by atoms with Crippen molar-refractivity contribution in [3.8, 4) is 5.75 Å². The zero-order valence-corrected chi connectivity index (χ0v) is 18.6. The number of rotatable bonds is 7. The number of amidine groups is 1. The van der Waals surface area contributed by atoms with Gasteiger partial charge in [0.15, 0.2) is 0 Å². The van der Waals surface area contributed by atoms with Crippen LogP contribution < -0.4 is 10.5 Å². The fourth-order valence-electron chi connectivity index (χ4n) is 4.30. The number of hydrogen-bond donors (Lipinski definition) is 3. The van der Waals surface area contributed by atoms with Gasteiger partial charge in [0.05, 0.1) is 28.8 Å². The number of H-pyrrole nitrogens is 1. The molecule has 1 aliphatic heterocycles. The van der Waals surface area contributed by atoms with Gasteiger partial charge in [0.2, 0.25) is 0 Å². The van der Waals surface area contributed by atoms with E-state index in [1.54, 1.807) is 6.07 Å². The quantitative estimate of drug-likeness (QED) is 0.290. The summed E-state index contributed by atoms with van der Waals surface area (Å²) >= 11 is 1.54. The molecule has 2 aromatic heterocycles. The molecule has 1 aliphatic rings. The highest BCUT2D eigenvalue weighted by Gasteiger charge is 2.21. The second-order valence-electron chi connectivity index (χ2n) is 8.28. The highest BCUT2D eigenvalue weighted by molar-refractivity contribution is 7.18. The molecular weight excluding hydrogens is 427 g/mol. The van der Waals surface area contributed by atoms with E-state index < -0.39 is 0 Å². The van der Waals surface area contributed by atoms with Gasteiger partial charge in [-0.2, -0.15) is 0 Å². The van der Waals surface area contributed by atoms with E-state index in [0.29, 0.717) is 47.2 Å². The average molecular weight is 453 g/mol. The first-order valence-electron chi connectivity index (χ1n) is 10.7. The molecular formula is C23H25FN6OS. The second kappa shape index (κ2) is 8.48. The Labute approximate surface area is 188 Å². The summed E-state index contributed by atoms with van der Waals surface area (Å²) in [6, 6.07) is 8.92. The van der Waals surface area contributed by atoms with Crippen LogP contribution in [0.5, 0.6) is 5.75 Å². The van der Waals surface area contributed by atoms with Crippen LogP contribution in [0.1, 0.15) is 35.7 Å². The van der Waals surface area contributed by atoms with Crippen molar-refractivity contribution < 1.29 is 9.13 Å². The number of aromatic amines is 1. The Bertz CT molecular complexity index is 1300. The smallest absolute Gasteiger partial charge is 0.150 e. The Balaban J connectivity index is 1.35. The van der Waals surface area contributed by atoms with Crippen molar-refractivity contribution in [3.63, 3.8) is 0 Å². The predicted octanol–water partition coefficient (Wildman–Crippen LogP) is 4.05. The highest BCUT2D eigenvalue weighted by atomic mass is 32.1. The monoisotopic (exact) mass is 452 g/mol. The third kappa shape index (κ3) is 4.18. The fraction of sp³-hybridized carbons (Fsp3) is 0.348. The molecule has 4 aromatic rings. The van der Waals surface area contributed by atoms with Crippen LogP contribution >= 0.6 is 11.3 Å². The molecule has 0 radical (unpaired) electrons. The van der Waals surface area contributed by atoms with Gasteiger partial charge in [0, 0.05) is 17.7 Å². The SMILES string of the molecule is CN1CCCC1CCOc1cc(F)cc2[nH]c(Cc3nc4ccc(C(=N)N)cc4s3)nc12. The lowest BCUT2D eigenvalue weighted by molar-refractivity contribution is 0.234. The van der Waals surface area contributed by atoms with Crippen molar-refractivity contribution in [1.29, 1.82) is 5.41 Å².